The fourth-order valence-corrected chi connectivity index (χ4v) is 1.92. The zero-order chi connectivity index (χ0) is 14.5. The van der Waals surface area contributed by atoms with Gasteiger partial charge in [0, 0.05) is 18.4 Å². The summed E-state index contributed by atoms with van der Waals surface area (Å²) in [4.78, 5) is 16.4. The molecular weight excluding hydrogens is 254 g/mol. The first-order chi connectivity index (χ1) is 9.60. The van der Waals surface area contributed by atoms with Gasteiger partial charge in [-0.15, -0.1) is 0 Å². The molecule has 0 unspecified atom stereocenters. The first-order valence-corrected chi connectivity index (χ1v) is 6.64. The minimum Gasteiger partial charge on any atom is -0.465 e. The first-order valence-electron chi connectivity index (χ1n) is 6.64. The van der Waals surface area contributed by atoms with Crippen LogP contribution in [0.2, 0.25) is 0 Å². The van der Waals surface area contributed by atoms with Crippen molar-refractivity contribution in [3.8, 4) is 0 Å². The Hall–Kier alpha value is -2.30. The molecule has 0 aliphatic rings. The lowest BCUT2D eigenvalue weighted by Crippen LogP contribution is -2.24. The van der Waals surface area contributed by atoms with Crippen molar-refractivity contribution in [2.45, 2.75) is 27.3 Å². The lowest BCUT2D eigenvalue weighted by molar-refractivity contribution is 0.0948. The number of nitrogens with zero attached hydrogens (tertiary/aromatic N) is 1. The number of carbonyl (C=O) groups is 1. The molecule has 1 amide bonds. The molecule has 0 atom stereocenters. The molecule has 20 heavy (non-hydrogen) atoms. The minimum atomic E-state index is -0.164. The molecular formula is C15H19N3O2. The van der Waals surface area contributed by atoms with Crippen LogP contribution in [0.3, 0.4) is 0 Å². The smallest absolute Gasteiger partial charge is 0.255 e. The molecule has 0 saturated heterocycles. The van der Waals surface area contributed by atoms with E-state index in [4.69, 9.17) is 4.42 Å². The van der Waals surface area contributed by atoms with E-state index < -0.39 is 0 Å². The number of hydrogen-bond donors (Lipinski definition) is 2. The standard InChI is InChI=1S/C15H19N3O2/c1-4-16-14-7-10(2)17-9-13(14)15(19)18-8-12-6-5-11(3)20-12/h5-7,9H,4,8H2,1-3H3,(H,16,17)(H,18,19). The lowest BCUT2D eigenvalue weighted by atomic mass is 10.2. The molecule has 2 aromatic rings. The van der Waals surface area contributed by atoms with E-state index in [1.54, 1.807) is 6.20 Å². The number of anilines is 1. The number of aromatic nitrogens is 1. The summed E-state index contributed by atoms with van der Waals surface area (Å²) in [6.45, 7) is 6.88. The second-order valence-corrected chi connectivity index (χ2v) is 4.60. The SMILES string of the molecule is CCNc1cc(C)ncc1C(=O)NCc1ccc(C)o1. The molecule has 2 rings (SSSR count). The van der Waals surface area contributed by atoms with Crippen LogP contribution >= 0.6 is 0 Å². The number of hydrogen-bond acceptors (Lipinski definition) is 4. The highest BCUT2D eigenvalue weighted by Crippen LogP contribution is 2.16. The highest BCUT2D eigenvalue weighted by molar-refractivity contribution is 5.99. The molecule has 5 heteroatoms. The predicted octanol–water partition coefficient (Wildman–Crippen LogP) is 2.65. The first kappa shape index (κ1) is 14.1. The van der Waals surface area contributed by atoms with Crippen molar-refractivity contribution in [3.05, 3.63) is 47.2 Å². The van der Waals surface area contributed by atoms with Crippen molar-refractivity contribution in [2.75, 3.05) is 11.9 Å². The average molecular weight is 273 g/mol. The molecule has 0 fully saturated rings. The molecule has 2 N–H and O–H groups in total. The van der Waals surface area contributed by atoms with Crippen LogP contribution in [0.1, 0.15) is 34.5 Å². The van der Waals surface area contributed by atoms with Gasteiger partial charge in [0.15, 0.2) is 0 Å². The fraction of sp³-hybridized carbons (Fsp3) is 0.333. The van der Waals surface area contributed by atoms with Crippen molar-refractivity contribution >= 4 is 11.6 Å². The largest absolute Gasteiger partial charge is 0.465 e. The maximum Gasteiger partial charge on any atom is 0.255 e. The maximum atomic E-state index is 12.2. The zero-order valence-electron chi connectivity index (χ0n) is 12.0. The number of furan rings is 1. The number of nitrogens with one attached hydrogen (secondary N) is 2. The number of pyridine rings is 1. The van der Waals surface area contributed by atoms with Crippen molar-refractivity contribution in [1.29, 1.82) is 0 Å². The van der Waals surface area contributed by atoms with Crippen LogP contribution in [0.25, 0.3) is 0 Å². The third kappa shape index (κ3) is 3.38. The Balaban J connectivity index is 2.08. The second kappa shape index (κ2) is 6.23. The number of carbonyl (C=O) groups excluding carboxylic acids is 1. The summed E-state index contributed by atoms with van der Waals surface area (Å²) in [5, 5.41) is 6.01. The Morgan fingerprint density at radius 1 is 1.35 bits per heavy atom. The van der Waals surface area contributed by atoms with Gasteiger partial charge in [0.2, 0.25) is 0 Å². The van der Waals surface area contributed by atoms with Crippen LogP contribution in [0.5, 0.6) is 0 Å². The van der Waals surface area contributed by atoms with Gasteiger partial charge in [-0.1, -0.05) is 0 Å². The van der Waals surface area contributed by atoms with Gasteiger partial charge in [-0.3, -0.25) is 9.78 Å². The highest BCUT2D eigenvalue weighted by atomic mass is 16.3. The van der Waals surface area contributed by atoms with Crippen LogP contribution in [0.4, 0.5) is 5.69 Å². The van der Waals surface area contributed by atoms with Gasteiger partial charge in [0.25, 0.3) is 5.91 Å². The van der Waals surface area contributed by atoms with E-state index in [1.807, 2.05) is 39.0 Å². The summed E-state index contributed by atoms with van der Waals surface area (Å²) in [5.41, 5.74) is 2.22. The van der Waals surface area contributed by atoms with Gasteiger partial charge in [0.1, 0.15) is 11.5 Å². The van der Waals surface area contributed by atoms with Crippen LogP contribution in [0, 0.1) is 13.8 Å². The third-order valence-electron chi connectivity index (χ3n) is 2.87. The van der Waals surface area contributed by atoms with E-state index in [0.29, 0.717) is 12.1 Å². The Labute approximate surface area is 118 Å². The van der Waals surface area contributed by atoms with E-state index in [-0.39, 0.29) is 5.91 Å². The van der Waals surface area contributed by atoms with Gasteiger partial charge in [-0.05, 0) is 39.0 Å². The Kier molecular flexibility index (Phi) is 4.40. The molecule has 0 radical (unpaired) electrons. The second-order valence-electron chi connectivity index (χ2n) is 4.60. The van der Waals surface area contributed by atoms with E-state index >= 15 is 0 Å². The van der Waals surface area contributed by atoms with Gasteiger partial charge in [-0.25, -0.2) is 0 Å². The van der Waals surface area contributed by atoms with Crippen LogP contribution in [-0.4, -0.2) is 17.4 Å². The monoisotopic (exact) mass is 273 g/mol. The molecule has 2 heterocycles. The molecule has 0 aliphatic heterocycles. The molecule has 0 spiro atoms. The van der Waals surface area contributed by atoms with Crippen molar-refractivity contribution in [1.82, 2.24) is 10.3 Å². The van der Waals surface area contributed by atoms with Crippen molar-refractivity contribution < 1.29 is 9.21 Å². The Bertz CT molecular complexity index is 605. The van der Waals surface area contributed by atoms with Gasteiger partial charge in [-0.2, -0.15) is 0 Å². The van der Waals surface area contributed by atoms with Gasteiger partial charge < -0.3 is 15.1 Å². The van der Waals surface area contributed by atoms with E-state index in [2.05, 4.69) is 15.6 Å². The van der Waals surface area contributed by atoms with Crippen molar-refractivity contribution in [2.24, 2.45) is 0 Å². The summed E-state index contributed by atoms with van der Waals surface area (Å²) >= 11 is 0. The summed E-state index contributed by atoms with van der Waals surface area (Å²) in [6, 6.07) is 5.60. The summed E-state index contributed by atoms with van der Waals surface area (Å²) in [5.74, 6) is 1.41. The summed E-state index contributed by atoms with van der Waals surface area (Å²) in [6.07, 6.45) is 1.59. The quantitative estimate of drug-likeness (QED) is 0.879. The number of rotatable bonds is 5. The molecule has 5 nitrogen and oxygen atoms in total. The van der Waals surface area contributed by atoms with E-state index in [9.17, 15) is 4.79 Å². The van der Waals surface area contributed by atoms with E-state index in [0.717, 1.165) is 29.4 Å². The topological polar surface area (TPSA) is 67.2 Å². The molecule has 0 aliphatic carbocycles. The molecule has 2 aromatic heterocycles. The third-order valence-corrected chi connectivity index (χ3v) is 2.87. The molecule has 106 valence electrons. The number of aryl methyl sites for hydroxylation is 2. The average Bonchev–Trinajstić information content (AvgIpc) is 2.82. The summed E-state index contributed by atoms with van der Waals surface area (Å²) < 4.78 is 5.42. The maximum absolute atomic E-state index is 12.2. The Morgan fingerprint density at radius 3 is 2.80 bits per heavy atom. The molecule has 0 saturated carbocycles. The molecule has 0 aromatic carbocycles. The van der Waals surface area contributed by atoms with Crippen LogP contribution < -0.4 is 10.6 Å². The van der Waals surface area contributed by atoms with Crippen LogP contribution in [0.15, 0.2) is 28.8 Å². The minimum absolute atomic E-state index is 0.164. The van der Waals surface area contributed by atoms with Crippen molar-refractivity contribution in [3.63, 3.8) is 0 Å². The summed E-state index contributed by atoms with van der Waals surface area (Å²) in [7, 11) is 0. The van der Waals surface area contributed by atoms with Gasteiger partial charge >= 0.3 is 0 Å². The highest BCUT2D eigenvalue weighted by Gasteiger charge is 2.12. The fourth-order valence-electron chi connectivity index (χ4n) is 1.92. The van der Waals surface area contributed by atoms with Crippen LogP contribution in [-0.2, 0) is 6.54 Å². The normalized spacial score (nSPS) is 10.3. The van der Waals surface area contributed by atoms with E-state index in [1.165, 1.54) is 0 Å². The lowest BCUT2D eigenvalue weighted by Gasteiger charge is -2.11. The van der Waals surface area contributed by atoms with Gasteiger partial charge in [0.05, 0.1) is 17.8 Å². The molecule has 0 bridgehead atoms. The number of amides is 1. The zero-order valence-corrected chi connectivity index (χ0v) is 12.0. The Morgan fingerprint density at radius 2 is 2.15 bits per heavy atom. The predicted molar refractivity (Wildman–Crippen MR) is 77.8 cm³/mol.